The number of ether oxygens (including phenoxy) is 2. The topological polar surface area (TPSA) is 93.1 Å². The van der Waals surface area contributed by atoms with Gasteiger partial charge in [-0.3, -0.25) is 0 Å². The van der Waals surface area contributed by atoms with E-state index in [1.807, 2.05) is 0 Å². The van der Waals surface area contributed by atoms with E-state index in [4.69, 9.17) is 9.47 Å². The molecule has 0 saturated carbocycles. The van der Waals surface area contributed by atoms with E-state index in [0.717, 1.165) is 0 Å². The van der Waals surface area contributed by atoms with E-state index < -0.39 is 42.3 Å². The van der Waals surface area contributed by atoms with Gasteiger partial charge in [0.2, 0.25) is 0 Å². The monoisotopic (exact) mass is 362 g/mol. The molecule has 1 saturated heterocycles. The Kier molecular flexibility index (Phi) is 6.21. The van der Waals surface area contributed by atoms with Crippen molar-refractivity contribution in [2.75, 3.05) is 0 Å². The molecule has 1 aliphatic heterocycles. The van der Waals surface area contributed by atoms with E-state index in [-0.39, 0.29) is 18.4 Å². The summed E-state index contributed by atoms with van der Waals surface area (Å²) in [4.78, 5) is 24.3. The minimum atomic E-state index is -0.958. The maximum absolute atomic E-state index is 12.3. The van der Waals surface area contributed by atoms with Crippen LogP contribution in [0.4, 0.5) is 0 Å². The average molecular weight is 362 g/mol. The summed E-state index contributed by atoms with van der Waals surface area (Å²) in [5, 5.41) is 20.5. The molecule has 142 valence electrons. The maximum Gasteiger partial charge on any atom is 0.334 e. The molecule has 2 rings (SSSR count). The van der Waals surface area contributed by atoms with E-state index in [1.54, 1.807) is 32.9 Å². The second-order valence-electron chi connectivity index (χ2n) is 6.88. The van der Waals surface area contributed by atoms with Gasteiger partial charge in [-0.15, -0.1) is 0 Å². The van der Waals surface area contributed by atoms with Crippen molar-refractivity contribution in [2.45, 2.75) is 58.0 Å². The molecule has 1 heterocycles. The molecule has 0 radical (unpaired) electrons. The Hall–Kier alpha value is -2.18. The predicted octanol–water partition coefficient (Wildman–Crippen LogP) is 1.98. The van der Waals surface area contributed by atoms with Crippen LogP contribution in [0.5, 0.6) is 0 Å². The van der Waals surface area contributed by atoms with E-state index in [1.165, 1.54) is 0 Å². The lowest BCUT2D eigenvalue weighted by Gasteiger charge is -2.30. The molecule has 6 nitrogen and oxygen atoms in total. The van der Waals surface area contributed by atoms with Crippen LogP contribution in [0.25, 0.3) is 0 Å². The van der Waals surface area contributed by atoms with Gasteiger partial charge in [0.1, 0.15) is 12.2 Å². The molecule has 0 bridgehead atoms. The number of esters is 2. The molecule has 0 amide bonds. The molecular formula is C20H26O6. The van der Waals surface area contributed by atoms with Gasteiger partial charge in [-0.05, 0) is 38.0 Å². The first-order valence-corrected chi connectivity index (χ1v) is 8.61. The maximum atomic E-state index is 12.3. The number of allylic oxidation sites excluding steroid dienone is 1. The third-order valence-electron chi connectivity index (χ3n) is 5.01. The Balaban J connectivity index is 2.45. The number of aliphatic hydroxyl groups excluding tert-OH is 2. The highest BCUT2D eigenvalue weighted by Crippen LogP contribution is 2.37. The Labute approximate surface area is 153 Å². The van der Waals surface area contributed by atoms with Crippen LogP contribution in [0.1, 0.15) is 33.6 Å². The standard InChI is InChI=1S/C20H26O6/c1-6-10(2)19(23)25-16-7-11(3)14(21)9-15(22)12(4)8-17-18(16)13(5)20(24)26-17/h6,8,14-18,21-22H,3,5,7,9H2,1-2,4H3/b10-6-,12-8-/t14-,15-,16-,17-,18+/m0/s1. The highest BCUT2D eigenvalue weighted by molar-refractivity contribution is 5.92. The minimum Gasteiger partial charge on any atom is -0.458 e. The Morgan fingerprint density at radius 3 is 2.62 bits per heavy atom. The fourth-order valence-electron chi connectivity index (χ4n) is 3.10. The van der Waals surface area contributed by atoms with Gasteiger partial charge in [0.05, 0.1) is 18.1 Å². The number of rotatable bonds is 2. The highest BCUT2D eigenvalue weighted by atomic mass is 16.6. The summed E-state index contributed by atoms with van der Waals surface area (Å²) in [7, 11) is 0. The first kappa shape index (κ1) is 20.1. The van der Waals surface area contributed by atoms with Crippen LogP contribution < -0.4 is 0 Å². The van der Waals surface area contributed by atoms with Crippen LogP contribution in [0.3, 0.4) is 0 Å². The van der Waals surface area contributed by atoms with Crippen molar-refractivity contribution in [1.29, 1.82) is 0 Å². The predicted molar refractivity (Wildman–Crippen MR) is 96.0 cm³/mol. The number of hydrogen-bond acceptors (Lipinski definition) is 6. The zero-order valence-corrected chi connectivity index (χ0v) is 15.4. The van der Waals surface area contributed by atoms with Gasteiger partial charge in [-0.1, -0.05) is 19.2 Å². The molecule has 0 aromatic carbocycles. The molecule has 1 fully saturated rings. The van der Waals surface area contributed by atoms with Crippen LogP contribution in [-0.4, -0.2) is 46.6 Å². The van der Waals surface area contributed by atoms with E-state index >= 15 is 0 Å². The van der Waals surface area contributed by atoms with E-state index in [9.17, 15) is 19.8 Å². The smallest absolute Gasteiger partial charge is 0.334 e. The largest absolute Gasteiger partial charge is 0.458 e. The third kappa shape index (κ3) is 4.14. The van der Waals surface area contributed by atoms with Gasteiger partial charge in [0.25, 0.3) is 0 Å². The van der Waals surface area contributed by atoms with Crippen molar-refractivity contribution in [3.05, 3.63) is 47.6 Å². The summed E-state index contributed by atoms with van der Waals surface area (Å²) in [6.45, 7) is 12.7. The summed E-state index contributed by atoms with van der Waals surface area (Å²) in [6.07, 6.45) is 0.173. The minimum absolute atomic E-state index is 0.0714. The van der Waals surface area contributed by atoms with Crippen molar-refractivity contribution in [2.24, 2.45) is 5.92 Å². The molecule has 0 aromatic heterocycles. The van der Waals surface area contributed by atoms with Gasteiger partial charge >= 0.3 is 11.9 Å². The zero-order valence-electron chi connectivity index (χ0n) is 15.4. The number of carbonyl (C=O) groups excluding carboxylic acids is 2. The summed E-state index contributed by atoms with van der Waals surface area (Å²) in [5.74, 6) is -1.68. The summed E-state index contributed by atoms with van der Waals surface area (Å²) < 4.78 is 11.0. The molecule has 2 aliphatic rings. The van der Waals surface area contributed by atoms with Crippen molar-refractivity contribution < 1.29 is 29.3 Å². The normalized spacial score (nSPS) is 35.3. The Bertz CT molecular complexity index is 686. The molecular weight excluding hydrogens is 336 g/mol. The van der Waals surface area contributed by atoms with Crippen molar-refractivity contribution in [1.82, 2.24) is 0 Å². The second kappa shape index (κ2) is 8.01. The lowest BCUT2D eigenvalue weighted by molar-refractivity contribution is -0.147. The number of aliphatic hydroxyl groups is 2. The SMILES string of the molecule is C=C1C(=O)O[C@H]2/C=C(/C)[C@@H](O)C[C@H](O)C(=C)C[C@H](OC(=O)/C(C)=C\C)[C@@H]12. The van der Waals surface area contributed by atoms with Crippen LogP contribution >= 0.6 is 0 Å². The van der Waals surface area contributed by atoms with Crippen molar-refractivity contribution in [3.63, 3.8) is 0 Å². The molecule has 2 N–H and O–H groups in total. The first-order valence-electron chi connectivity index (χ1n) is 8.61. The number of hydrogen-bond donors (Lipinski definition) is 2. The molecule has 0 aromatic rings. The molecule has 0 unspecified atom stereocenters. The Morgan fingerprint density at radius 2 is 2.00 bits per heavy atom. The molecule has 0 spiro atoms. The number of fused-ring (bicyclic) bond motifs is 1. The number of carbonyl (C=O) groups is 2. The lowest BCUT2D eigenvalue weighted by atomic mass is 9.83. The van der Waals surface area contributed by atoms with E-state index in [2.05, 4.69) is 13.2 Å². The van der Waals surface area contributed by atoms with Gasteiger partial charge < -0.3 is 19.7 Å². The average Bonchev–Trinajstić information content (AvgIpc) is 2.86. The Morgan fingerprint density at radius 1 is 1.35 bits per heavy atom. The quantitative estimate of drug-likeness (QED) is 0.443. The van der Waals surface area contributed by atoms with Gasteiger partial charge in [0.15, 0.2) is 0 Å². The van der Waals surface area contributed by atoms with Crippen molar-refractivity contribution >= 4 is 11.9 Å². The fraction of sp³-hybridized carbons (Fsp3) is 0.500. The second-order valence-corrected chi connectivity index (χ2v) is 6.88. The fourth-order valence-corrected chi connectivity index (χ4v) is 3.10. The lowest BCUT2D eigenvalue weighted by Crippen LogP contribution is -2.36. The van der Waals surface area contributed by atoms with Gasteiger partial charge in [0, 0.05) is 24.0 Å². The summed E-state index contributed by atoms with van der Waals surface area (Å²) in [5.41, 5.74) is 1.61. The summed E-state index contributed by atoms with van der Waals surface area (Å²) in [6, 6.07) is 0. The van der Waals surface area contributed by atoms with Crippen molar-refractivity contribution in [3.8, 4) is 0 Å². The molecule has 6 heteroatoms. The van der Waals surface area contributed by atoms with Gasteiger partial charge in [-0.25, -0.2) is 9.59 Å². The van der Waals surface area contributed by atoms with Crippen LogP contribution in [0.15, 0.2) is 47.6 Å². The van der Waals surface area contributed by atoms with Crippen LogP contribution in [0, 0.1) is 5.92 Å². The van der Waals surface area contributed by atoms with E-state index in [0.29, 0.717) is 16.7 Å². The molecule has 26 heavy (non-hydrogen) atoms. The van der Waals surface area contributed by atoms with Crippen LogP contribution in [-0.2, 0) is 19.1 Å². The molecule has 5 atom stereocenters. The third-order valence-corrected chi connectivity index (χ3v) is 5.01. The highest BCUT2D eigenvalue weighted by Gasteiger charge is 2.45. The zero-order chi connectivity index (χ0) is 19.6. The first-order chi connectivity index (χ1) is 12.1. The van der Waals surface area contributed by atoms with Crippen LogP contribution in [0.2, 0.25) is 0 Å². The summed E-state index contributed by atoms with van der Waals surface area (Å²) >= 11 is 0. The van der Waals surface area contributed by atoms with Gasteiger partial charge in [-0.2, -0.15) is 0 Å². The molecule has 1 aliphatic carbocycles.